The van der Waals surface area contributed by atoms with Crippen LogP contribution in [-0.2, 0) is 20.0 Å². The smallest absolute Gasteiger partial charge is 0.232 e. The molecule has 1 saturated carbocycles. The van der Waals surface area contributed by atoms with Gasteiger partial charge < -0.3 is 0 Å². The summed E-state index contributed by atoms with van der Waals surface area (Å²) in [4.78, 5) is 0. The minimum Gasteiger partial charge on any atom is -0.281 e. The van der Waals surface area contributed by atoms with Gasteiger partial charge in [-0.3, -0.25) is 9.03 Å². The molecule has 1 aliphatic rings. The summed E-state index contributed by atoms with van der Waals surface area (Å²) >= 11 is 0. The van der Waals surface area contributed by atoms with Crippen molar-refractivity contribution >= 4 is 31.4 Å². The quantitative estimate of drug-likeness (QED) is 0.825. The number of sulfonamides is 2. The van der Waals surface area contributed by atoms with Crippen LogP contribution in [0.1, 0.15) is 26.2 Å². The maximum absolute atomic E-state index is 12.0. The molecule has 0 unspecified atom stereocenters. The third-order valence-electron chi connectivity index (χ3n) is 3.12. The summed E-state index contributed by atoms with van der Waals surface area (Å²) in [7, 11) is -6.91. The summed E-state index contributed by atoms with van der Waals surface area (Å²) in [5, 5.41) is 0. The first-order valence-electron chi connectivity index (χ1n) is 6.83. The first-order chi connectivity index (χ1) is 9.74. The van der Waals surface area contributed by atoms with Crippen LogP contribution in [0.2, 0.25) is 0 Å². The molecule has 1 aliphatic carbocycles. The van der Waals surface area contributed by atoms with Crippen LogP contribution in [0.3, 0.4) is 0 Å². The molecule has 0 atom stereocenters. The standard InChI is InChI=1S/C13H20N2O4S2/c1-3-10-21(18,19)14-12-6-4-5-7-13(12)15(11-8-9-11)20(2,16)17/h4-7,11,14H,3,8-10H2,1-2H3. The molecule has 0 saturated heterocycles. The molecule has 1 aromatic carbocycles. The molecule has 0 radical (unpaired) electrons. The van der Waals surface area contributed by atoms with E-state index < -0.39 is 20.0 Å². The summed E-state index contributed by atoms with van der Waals surface area (Å²) < 4.78 is 51.7. The van der Waals surface area contributed by atoms with Gasteiger partial charge in [-0.1, -0.05) is 19.1 Å². The van der Waals surface area contributed by atoms with Crippen molar-refractivity contribution in [2.45, 2.75) is 32.2 Å². The Morgan fingerprint density at radius 2 is 1.81 bits per heavy atom. The summed E-state index contributed by atoms with van der Waals surface area (Å²) in [5.74, 6) is 0.00361. The molecular formula is C13H20N2O4S2. The van der Waals surface area contributed by atoms with Crippen molar-refractivity contribution in [3.8, 4) is 0 Å². The molecule has 0 bridgehead atoms. The molecular weight excluding hydrogens is 312 g/mol. The first kappa shape index (κ1) is 16.1. The Morgan fingerprint density at radius 1 is 1.19 bits per heavy atom. The Kier molecular flexibility index (Phi) is 4.48. The second kappa shape index (κ2) is 5.84. The predicted octanol–water partition coefficient (Wildman–Crippen LogP) is 1.77. The van der Waals surface area contributed by atoms with E-state index in [1.165, 1.54) is 4.31 Å². The van der Waals surface area contributed by atoms with E-state index in [4.69, 9.17) is 0 Å². The monoisotopic (exact) mass is 332 g/mol. The highest BCUT2D eigenvalue weighted by molar-refractivity contribution is 7.93. The van der Waals surface area contributed by atoms with Gasteiger partial charge in [0.25, 0.3) is 0 Å². The molecule has 6 nitrogen and oxygen atoms in total. The lowest BCUT2D eigenvalue weighted by Gasteiger charge is -2.25. The molecule has 118 valence electrons. The number of hydrogen-bond donors (Lipinski definition) is 1. The van der Waals surface area contributed by atoms with Crippen LogP contribution in [0.4, 0.5) is 11.4 Å². The molecule has 8 heteroatoms. The Morgan fingerprint density at radius 3 is 2.33 bits per heavy atom. The van der Waals surface area contributed by atoms with Crippen LogP contribution in [0.15, 0.2) is 24.3 Å². The van der Waals surface area contributed by atoms with Gasteiger partial charge in [0, 0.05) is 6.04 Å². The maximum atomic E-state index is 12.0. The number of nitrogens with one attached hydrogen (secondary N) is 1. The van der Waals surface area contributed by atoms with E-state index in [1.54, 1.807) is 31.2 Å². The highest BCUT2D eigenvalue weighted by Gasteiger charge is 2.36. The van der Waals surface area contributed by atoms with Crippen molar-refractivity contribution < 1.29 is 16.8 Å². The number of para-hydroxylation sites is 2. The minimum absolute atomic E-state index is 0.00361. The van der Waals surface area contributed by atoms with Crippen molar-refractivity contribution in [3.05, 3.63) is 24.3 Å². The number of rotatable bonds is 7. The molecule has 2 rings (SSSR count). The Hall–Kier alpha value is -1.28. The molecule has 0 aliphatic heterocycles. The zero-order chi connectivity index (χ0) is 15.7. The van der Waals surface area contributed by atoms with Gasteiger partial charge in [0.2, 0.25) is 20.0 Å². The lowest BCUT2D eigenvalue weighted by Crippen LogP contribution is -2.33. The van der Waals surface area contributed by atoms with E-state index in [0.29, 0.717) is 17.8 Å². The SMILES string of the molecule is CCCS(=O)(=O)Nc1ccccc1N(C1CC1)S(C)(=O)=O. The normalized spacial score (nSPS) is 15.7. The van der Waals surface area contributed by atoms with Gasteiger partial charge in [-0.25, -0.2) is 16.8 Å². The van der Waals surface area contributed by atoms with Gasteiger partial charge in [-0.15, -0.1) is 0 Å². The van der Waals surface area contributed by atoms with Gasteiger partial charge >= 0.3 is 0 Å². The molecule has 1 aromatic rings. The van der Waals surface area contributed by atoms with Gasteiger partial charge in [0.1, 0.15) is 0 Å². The van der Waals surface area contributed by atoms with Crippen LogP contribution in [0.5, 0.6) is 0 Å². The second-order valence-corrected chi connectivity index (χ2v) is 8.93. The topological polar surface area (TPSA) is 83.6 Å². The van der Waals surface area contributed by atoms with E-state index in [-0.39, 0.29) is 11.8 Å². The van der Waals surface area contributed by atoms with Crippen molar-refractivity contribution in [2.75, 3.05) is 21.0 Å². The van der Waals surface area contributed by atoms with Gasteiger partial charge in [-0.2, -0.15) is 0 Å². The summed E-state index contributed by atoms with van der Waals surface area (Å²) in [6, 6.07) is 6.53. The third-order valence-corrected chi connectivity index (χ3v) is 5.80. The number of nitrogens with zero attached hydrogens (tertiary/aromatic N) is 1. The molecule has 0 amide bonds. The summed E-state index contributed by atoms with van der Waals surface area (Å²) in [6.45, 7) is 1.78. The summed E-state index contributed by atoms with van der Waals surface area (Å²) in [5.41, 5.74) is 0.699. The fourth-order valence-corrected chi connectivity index (χ4v) is 4.61. The zero-order valence-electron chi connectivity index (χ0n) is 12.1. The average Bonchev–Trinajstić information content (AvgIpc) is 3.13. The fraction of sp³-hybridized carbons (Fsp3) is 0.538. The van der Waals surface area contributed by atoms with E-state index >= 15 is 0 Å². The first-order valence-corrected chi connectivity index (χ1v) is 10.3. The van der Waals surface area contributed by atoms with E-state index in [1.807, 2.05) is 0 Å². The van der Waals surface area contributed by atoms with E-state index in [9.17, 15) is 16.8 Å². The Bertz CT molecular complexity index is 709. The molecule has 0 aromatic heterocycles. The molecule has 0 spiro atoms. The van der Waals surface area contributed by atoms with Crippen molar-refractivity contribution in [2.24, 2.45) is 0 Å². The highest BCUT2D eigenvalue weighted by atomic mass is 32.2. The molecule has 21 heavy (non-hydrogen) atoms. The predicted molar refractivity (Wildman–Crippen MR) is 84.5 cm³/mol. The van der Waals surface area contributed by atoms with Gasteiger partial charge in [0.05, 0.1) is 23.4 Å². The Balaban J connectivity index is 2.41. The largest absolute Gasteiger partial charge is 0.281 e. The van der Waals surface area contributed by atoms with E-state index in [0.717, 1.165) is 19.1 Å². The van der Waals surface area contributed by atoms with Crippen molar-refractivity contribution in [1.82, 2.24) is 0 Å². The minimum atomic E-state index is -3.46. The second-order valence-electron chi connectivity index (χ2n) is 5.23. The molecule has 1 fully saturated rings. The fourth-order valence-electron chi connectivity index (χ4n) is 2.19. The number of benzene rings is 1. The molecule has 1 N–H and O–H groups in total. The van der Waals surface area contributed by atoms with Crippen LogP contribution in [-0.4, -0.2) is 34.9 Å². The summed E-state index contributed by atoms with van der Waals surface area (Å²) in [6.07, 6.45) is 3.23. The lowest BCUT2D eigenvalue weighted by molar-refractivity contribution is 0.594. The van der Waals surface area contributed by atoms with Gasteiger partial charge in [-0.05, 0) is 31.4 Å². The third kappa shape index (κ3) is 4.10. The van der Waals surface area contributed by atoms with Crippen LogP contribution in [0, 0.1) is 0 Å². The Labute approximate surface area is 126 Å². The number of hydrogen-bond acceptors (Lipinski definition) is 4. The number of anilines is 2. The lowest BCUT2D eigenvalue weighted by atomic mass is 10.2. The maximum Gasteiger partial charge on any atom is 0.232 e. The van der Waals surface area contributed by atoms with Gasteiger partial charge in [0.15, 0.2) is 0 Å². The van der Waals surface area contributed by atoms with E-state index in [2.05, 4.69) is 4.72 Å². The van der Waals surface area contributed by atoms with Crippen molar-refractivity contribution in [1.29, 1.82) is 0 Å². The van der Waals surface area contributed by atoms with Crippen molar-refractivity contribution in [3.63, 3.8) is 0 Å². The van der Waals surface area contributed by atoms with Crippen LogP contribution in [0.25, 0.3) is 0 Å². The van der Waals surface area contributed by atoms with Crippen LogP contribution < -0.4 is 9.03 Å². The average molecular weight is 332 g/mol. The zero-order valence-corrected chi connectivity index (χ0v) is 13.7. The molecule has 0 heterocycles. The van der Waals surface area contributed by atoms with Crippen LogP contribution >= 0.6 is 0 Å². The highest BCUT2D eigenvalue weighted by Crippen LogP contribution is 2.38.